The molecule has 0 radical (unpaired) electrons. The van der Waals surface area contributed by atoms with Crippen LogP contribution in [-0.4, -0.2) is 16.1 Å². The minimum absolute atomic E-state index is 0.550. The molecule has 2 aromatic carbocycles. The van der Waals surface area contributed by atoms with Crippen molar-refractivity contribution in [2.75, 3.05) is 0 Å². The monoisotopic (exact) mass is 281 g/mol. The van der Waals surface area contributed by atoms with Crippen LogP contribution in [0, 0.1) is 6.92 Å². The number of nitrogens with zero attached hydrogens (tertiary/aromatic N) is 1. The van der Waals surface area contributed by atoms with Gasteiger partial charge < -0.3 is 9.52 Å². The molecule has 1 unspecified atom stereocenters. The summed E-state index contributed by atoms with van der Waals surface area (Å²) >= 11 is 0. The van der Waals surface area contributed by atoms with E-state index in [1.165, 1.54) is 0 Å². The summed E-state index contributed by atoms with van der Waals surface area (Å²) in [5, 5.41) is 9.08. The number of carbonyl (C=O) groups is 1. The van der Waals surface area contributed by atoms with Gasteiger partial charge in [-0.3, -0.25) is 4.79 Å². The minimum atomic E-state index is -0.850. The molecule has 1 heterocycles. The summed E-state index contributed by atoms with van der Waals surface area (Å²) in [6, 6.07) is 13.2. The van der Waals surface area contributed by atoms with Crippen molar-refractivity contribution in [3.8, 4) is 11.5 Å². The molecule has 1 N–H and O–H groups in total. The third-order valence-corrected chi connectivity index (χ3v) is 3.55. The third kappa shape index (κ3) is 2.52. The zero-order chi connectivity index (χ0) is 15.0. The number of carboxylic acid groups (broad SMARTS) is 1. The van der Waals surface area contributed by atoms with Crippen molar-refractivity contribution < 1.29 is 14.3 Å². The SMILES string of the molecule is Cc1cccc(-c2nc3cc(C(C)C(=O)O)ccc3o2)c1. The van der Waals surface area contributed by atoms with Crippen LogP contribution >= 0.6 is 0 Å². The van der Waals surface area contributed by atoms with Gasteiger partial charge in [0, 0.05) is 5.56 Å². The van der Waals surface area contributed by atoms with E-state index in [-0.39, 0.29) is 0 Å². The second-order valence-electron chi connectivity index (χ2n) is 5.18. The zero-order valence-corrected chi connectivity index (χ0v) is 11.8. The van der Waals surface area contributed by atoms with E-state index in [2.05, 4.69) is 4.98 Å². The average Bonchev–Trinajstić information content (AvgIpc) is 2.89. The standard InChI is InChI=1S/C17H15NO3/c1-10-4-3-5-13(8-10)16-18-14-9-12(11(2)17(19)20)6-7-15(14)21-16/h3-9,11H,1-2H3,(H,19,20). The van der Waals surface area contributed by atoms with Crippen molar-refractivity contribution in [2.24, 2.45) is 0 Å². The highest BCUT2D eigenvalue weighted by molar-refractivity contribution is 5.81. The van der Waals surface area contributed by atoms with Gasteiger partial charge in [-0.15, -0.1) is 0 Å². The van der Waals surface area contributed by atoms with Crippen LogP contribution in [0.4, 0.5) is 0 Å². The van der Waals surface area contributed by atoms with Crippen molar-refractivity contribution in [1.29, 1.82) is 0 Å². The van der Waals surface area contributed by atoms with Crippen molar-refractivity contribution in [2.45, 2.75) is 19.8 Å². The molecule has 3 rings (SSSR count). The molecule has 4 nitrogen and oxygen atoms in total. The highest BCUT2D eigenvalue weighted by Crippen LogP contribution is 2.27. The molecule has 4 heteroatoms. The Morgan fingerprint density at radius 2 is 2.05 bits per heavy atom. The molecule has 0 amide bonds. The first-order valence-corrected chi connectivity index (χ1v) is 6.75. The Morgan fingerprint density at radius 1 is 1.24 bits per heavy atom. The van der Waals surface area contributed by atoms with E-state index in [1.807, 2.05) is 31.2 Å². The Labute approximate surface area is 122 Å². The zero-order valence-electron chi connectivity index (χ0n) is 11.8. The van der Waals surface area contributed by atoms with Crippen LogP contribution in [0.1, 0.15) is 24.0 Å². The molecule has 106 valence electrons. The predicted octanol–water partition coefficient (Wildman–Crippen LogP) is 3.99. The molecule has 0 spiro atoms. The summed E-state index contributed by atoms with van der Waals surface area (Å²) in [4.78, 5) is 15.5. The predicted molar refractivity (Wildman–Crippen MR) is 80.2 cm³/mol. The van der Waals surface area contributed by atoms with E-state index in [9.17, 15) is 4.79 Å². The molecule has 0 saturated carbocycles. The van der Waals surface area contributed by atoms with Crippen LogP contribution in [0.15, 0.2) is 46.9 Å². The lowest BCUT2D eigenvalue weighted by atomic mass is 10.0. The minimum Gasteiger partial charge on any atom is -0.481 e. The smallest absolute Gasteiger partial charge is 0.310 e. The van der Waals surface area contributed by atoms with Gasteiger partial charge in [0.25, 0.3) is 0 Å². The number of fused-ring (bicyclic) bond motifs is 1. The van der Waals surface area contributed by atoms with Gasteiger partial charge in [0.1, 0.15) is 5.52 Å². The first kappa shape index (κ1) is 13.4. The number of hydrogen-bond acceptors (Lipinski definition) is 3. The van der Waals surface area contributed by atoms with E-state index in [1.54, 1.807) is 25.1 Å². The van der Waals surface area contributed by atoms with Gasteiger partial charge in [0.2, 0.25) is 5.89 Å². The molecule has 0 fully saturated rings. The Kier molecular flexibility index (Phi) is 3.22. The molecule has 0 aliphatic heterocycles. The van der Waals surface area contributed by atoms with Gasteiger partial charge in [0.05, 0.1) is 5.92 Å². The molecule has 3 aromatic rings. The highest BCUT2D eigenvalue weighted by atomic mass is 16.4. The lowest BCUT2D eigenvalue weighted by molar-refractivity contribution is -0.138. The second kappa shape index (κ2) is 5.05. The van der Waals surface area contributed by atoms with Gasteiger partial charge in [-0.1, -0.05) is 23.8 Å². The summed E-state index contributed by atoms with van der Waals surface area (Å²) in [5.41, 5.74) is 4.11. The number of oxazole rings is 1. The van der Waals surface area contributed by atoms with Gasteiger partial charge in [-0.25, -0.2) is 4.98 Å². The number of hydrogen-bond donors (Lipinski definition) is 1. The fourth-order valence-corrected chi connectivity index (χ4v) is 2.26. The first-order chi connectivity index (χ1) is 10.0. The van der Waals surface area contributed by atoms with E-state index < -0.39 is 11.9 Å². The fourth-order valence-electron chi connectivity index (χ4n) is 2.26. The summed E-state index contributed by atoms with van der Waals surface area (Å²) < 4.78 is 5.75. The van der Waals surface area contributed by atoms with E-state index >= 15 is 0 Å². The maximum Gasteiger partial charge on any atom is 0.310 e. The molecular weight excluding hydrogens is 266 g/mol. The number of aliphatic carboxylic acids is 1. The Bertz CT molecular complexity index is 820. The first-order valence-electron chi connectivity index (χ1n) is 6.75. The molecule has 0 saturated heterocycles. The third-order valence-electron chi connectivity index (χ3n) is 3.55. The van der Waals surface area contributed by atoms with Crippen LogP contribution in [0.3, 0.4) is 0 Å². The lowest BCUT2D eigenvalue weighted by Gasteiger charge is -2.04. The normalized spacial score (nSPS) is 12.5. The van der Waals surface area contributed by atoms with Crippen molar-refractivity contribution in [3.05, 3.63) is 53.6 Å². The van der Waals surface area contributed by atoms with Crippen LogP contribution in [0.2, 0.25) is 0 Å². The van der Waals surface area contributed by atoms with E-state index in [4.69, 9.17) is 9.52 Å². The van der Waals surface area contributed by atoms with Crippen LogP contribution in [0.5, 0.6) is 0 Å². The second-order valence-corrected chi connectivity index (χ2v) is 5.18. The number of aryl methyl sites for hydroxylation is 1. The fraction of sp³-hybridized carbons (Fsp3) is 0.176. The molecule has 0 aliphatic rings. The topological polar surface area (TPSA) is 63.3 Å². The quantitative estimate of drug-likeness (QED) is 0.788. The summed E-state index contributed by atoms with van der Waals surface area (Å²) in [6.45, 7) is 3.67. The Hall–Kier alpha value is -2.62. The summed E-state index contributed by atoms with van der Waals surface area (Å²) in [7, 11) is 0. The van der Waals surface area contributed by atoms with E-state index in [0.29, 0.717) is 17.0 Å². The average molecular weight is 281 g/mol. The molecule has 1 atom stereocenters. The Balaban J connectivity index is 2.06. The molecule has 0 bridgehead atoms. The maximum atomic E-state index is 11.1. The molecule has 0 aliphatic carbocycles. The number of aromatic nitrogens is 1. The van der Waals surface area contributed by atoms with Crippen LogP contribution in [-0.2, 0) is 4.79 Å². The van der Waals surface area contributed by atoms with Crippen molar-refractivity contribution in [1.82, 2.24) is 4.98 Å². The van der Waals surface area contributed by atoms with Gasteiger partial charge in [-0.05, 0) is 43.7 Å². The van der Waals surface area contributed by atoms with Gasteiger partial charge >= 0.3 is 5.97 Å². The summed E-state index contributed by atoms with van der Waals surface area (Å²) in [6.07, 6.45) is 0. The Morgan fingerprint density at radius 3 is 2.76 bits per heavy atom. The van der Waals surface area contributed by atoms with Gasteiger partial charge in [-0.2, -0.15) is 0 Å². The number of carboxylic acids is 1. The molecular formula is C17H15NO3. The maximum absolute atomic E-state index is 11.1. The lowest BCUT2D eigenvalue weighted by Crippen LogP contribution is -2.06. The number of rotatable bonds is 3. The molecule has 21 heavy (non-hydrogen) atoms. The highest BCUT2D eigenvalue weighted by Gasteiger charge is 2.16. The van der Waals surface area contributed by atoms with Crippen molar-refractivity contribution >= 4 is 17.1 Å². The van der Waals surface area contributed by atoms with Crippen LogP contribution in [0.25, 0.3) is 22.6 Å². The van der Waals surface area contributed by atoms with Gasteiger partial charge in [0.15, 0.2) is 5.58 Å². The largest absolute Gasteiger partial charge is 0.481 e. The number of benzene rings is 2. The van der Waals surface area contributed by atoms with Crippen LogP contribution < -0.4 is 0 Å². The molecule has 1 aromatic heterocycles. The summed E-state index contributed by atoms with van der Waals surface area (Å²) in [5.74, 6) is -0.862. The van der Waals surface area contributed by atoms with E-state index in [0.717, 1.165) is 16.7 Å². The van der Waals surface area contributed by atoms with Crippen molar-refractivity contribution in [3.63, 3.8) is 0 Å².